The van der Waals surface area contributed by atoms with Gasteiger partial charge in [0.25, 0.3) is 5.56 Å². The van der Waals surface area contributed by atoms with E-state index in [-0.39, 0.29) is 21.6 Å². The topological polar surface area (TPSA) is 92.2 Å². The zero-order chi connectivity index (χ0) is 16.7. The first kappa shape index (κ1) is 15.2. The van der Waals surface area contributed by atoms with E-state index in [9.17, 15) is 18.8 Å². The first-order valence-electron chi connectivity index (χ1n) is 6.62. The molecule has 2 heterocycles. The second kappa shape index (κ2) is 5.47. The molecule has 0 aliphatic carbocycles. The Balaban J connectivity index is 2.22. The van der Waals surface area contributed by atoms with Crippen LogP contribution in [0.4, 0.5) is 4.39 Å². The number of aromatic carboxylic acids is 1. The summed E-state index contributed by atoms with van der Waals surface area (Å²) in [5.41, 5.74) is -0.478. The van der Waals surface area contributed by atoms with Crippen molar-refractivity contribution in [1.82, 2.24) is 9.55 Å². The Kier molecular flexibility index (Phi) is 3.61. The van der Waals surface area contributed by atoms with Gasteiger partial charge in [0.2, 0.25) is 0 Å². The van der Waals surface area contributed by atoms with E-state index in [4.69, 9.17) is 5.11 Å². The van der Waals surface area contributed by atoms with Crippen LogP contribution in [0.3, 0.4) is 0 Å². The molecule has 0 atom stereocenters. The minimum absolute atomic E-state index is 0.0104. The Morgan fingerprint density at radius 2 is 2.13 bits per heavy atom. The molecule has 8 heteroatoms. The minimum Gasteiger partial charge on any atom is -0.477 e. The summed E-state index contributed by atoms with van der Waals surface area (Å²) in [7, 11) is 0. The SMILES string of the molecule is Cc1c(C(=O)O)sc2[nH]c(=O)n(Cc3cccc(F)c3)c(=O)c12. The molecule has 3 rings (SSSR count). The van der Waals surface area contributed by atoms with Crippen LogP contribution in [0.25, 0.3) is 10.2 Å². The fourth-order valence-electron chi connectivity index (χ4n) is 2.42. The van der Waals surface area contributed by atoms with E-state index in [0.717, 1.165) is 15.9 Å². The molecule has 2 aromatic heterocycles. The van der Waals surface area contributed by atoms with Crippen LogP contribution in [-0.2, 0) is 6.54 Å². The highest BCUT2D eigenvalue weighted by atomic mass is 32.1. The van der Waals surface area contributed by atoms with E-state index in [2.05, 4.69) is 4.98 Å². The van der Waals surface area contributed by atoms with E-state index < -0.39 is 23.0 Å². The number of H-pyrrole nitrogens is 1. The minimum atomic E-state index is -1.15. The third kappa shape index (κ3) is 2.57. The molecule has 0 saturated heterocycles. The molecule has 0 bridgehead atoms. The summed E-state index contributed by atoms with van der Waals surface area (Å²) in [5.74, 6) is -1.62. The molecule has 0 radical (unpaired) electrons. The van der Waals surface area contributed by atoms with Crippen LogP contribution in [0.1, 0.15) is 20.8 Å². The van der Waals surface area contributed by atoms with Crippen LogP contribution in [0.15, 0.2) is 33.9 Å². The highest BCUT2D eigenvalue weighted by Crippen LogP contribution is 2.26. The smallest absolute Gasteiger partial charge is 0.346 e. The van der Waals surface area contributed by atoms with Crippen molar-refractivity contribution in [2.45, 2.75) is 13.5 Å². The number of fused-ring (bicyclic) bond motifs is 1. The quantitative estimate of drug-likeness (QED) is 0.766. The maximum atomic E-state index is 13.2. The number of carboxylic acids is 1. The number of carboxylic acid groups (broad SMARTS) is 1. The van der Waals surface area contributed by atoms with Crippen molar-refractivity contribution >= 4 is 27.5 Å². The summed E-state index contributed by atoms with van der Waals surface area (Å²) in [6.45, 7) is 1.42. The molecule has 118 valence electrons. The Hall–Kier alpha value is -2.74. The summed E-state index contributed by atoms with van der Waals surface area (Å²) >= 11 is 0.849. The van der Waals surface area contributed by atoms with Crippen molar-refractivity contribution in [3.63, 3.8) is 0 Å². The standard InChI is InChI=1S/C15H11FN2O4S/c1-7-10-12(23-11(7)14(20)21)17-15(22)18(13(10)19)6-8-3-2-4-9(16)5-8/h2-5H,6H2,1H3,(H,17,22)(H,20,21). The first-order valence-corrected chi connectivity index (χ1v) is 7.44. The lowest BCUT2D eigenvalue weighted by Gasteiger charge is -2.05. The molecule has 1 aromatic carbocycles. The summed E-state index contributed by atoms with van der Waals surface area (Å²) in [5, 5.41) is 9.30. The van der Waals surface area contributed by atoms with Gasteiger partial charge in [-0.3, -0.25) is 14.3 Å². The molecule has 2 N–H and O–H groups in total. The lowest BCUT2D eigenvalue weighted by Crippen LogP contribution is -2.35. The van der Waals surface area contributed by atoms with Gasteiger partial charge in [-0.1, -0.05) is 12.1 Å². The number of hydrogen-bond acceptors (Lipinski definition) is 4. The predicted octanol–water partition coefficient (Wildman–Crippen LogP) is 1.95. The second-order valence-electron chi connectivity index (χ2n) is 5.02. The number of aromatic nitrogens is 2. The molecule has 0 aliphatic heterocycles. The fraction of sp³-hybridized carbons (Fsp3) is 0.133. The number of rotatable bonds is 3. The highest BCUT2D eigenvalue weighted by Gasteiger charge is 2.19. The lowest BCUT2D eigenvalue weighted by molar-refractivity contribution is 0.0701. The molecular formula is C15H11FN2O4S. The highest BCUT2D eigenvalue weighted by molar-refractivity contribution is 7.20. The number of halogens is 1. The number of carbonyl (C=O) groups is 1. The average molecular weight is 334 g/mol. The molecular weight excluding hydrogens is 323 g/mol. The molecule has 0 spiro atoms. The van der Waals surface area contributed by atoms with Crippen LogP contribution >= 0.6 is 11.3 Å². The van der Waals surface area contributed by atoms with Crippen molar-refractivity contribution in [2.24, 2.45) is 0 Å². The van der Waals surface area contributed by atoms with Crippen molar-refractivity contribution in [1.29, 1.82) is 0 Å². The summed E-state index contributed by atoms with van der Waals surface area (Å²) in [6, 6.07) is 5.59. The number of nitrogens with zero attached hydrogens (tertiary/aromatic N) is 1. The number of aromatic amines is 1. The largest absolute Gasteiger partial charge is 0.477 e. The van der Waals surface area contributed by atoms with E-state index in [0.29, 0.717) is 11.1 Å². The molecule has 23 heavy (non-hydrogen) atoms. The molecule has 0 saturated carbocycles. The molecule has 0 unspecified atom stereocenters. The zero-order valence-corrected chi connectivity index (χ0v) is 12.7. The number of benzene rings is 1. The maximum absolute atomic E-state index is 13.2. The Bertz CT molecular complexity index is 1050. The molecule has 3 aromatic rings. The van der Waals surface area contributed by atoms with Gasteiger partial charge in [-0.2, -0.15) is 0 Å². The van der Waals surface area contributed by atoms with Gasteiger partial charge >= 0.3 is 11.7 Å². The predicted molar refractivity (Wildman–Crippen MR) is 83.9 cm³/mol. The average Bonchev–Trinajstić information content (AvgIpc) is 2.80. The summed E-state index contributed by atoms with van der Waals surface area (Å²) in [4.78, 5) is 38.6. The Morgan fingerprint density at radius 3 is 2.78 bits per heavy atom. The van der Waals surface area contributed by atoms with Gasteiger partial charge in [-0.05, 0) is 30.2 Å². The van der Waals surface area contributed by atoms with E-state index >= 15 is 0 Å². The molecule has 0 fully saturated rings. The monoisotopic (exact) mass is 334 g/mol. The van der Waals surface area contributed by atoms with Gasteiger partial charge in [0, 0.05) is 0 Å². The first-order chi connectivity index (χ1) is 10.9. The third-order valence-electron chi connectivity index (χ3n) is 3.50. The van der Waals surface area contributed by atoms with Crippen LogP contribution in [-0.4, -0.2) is 20.6 Å². The summed E-state index contributed by atoms with van der Waals surface area (Å²) in [6.07, 6.45) is 0. The maximum Gasteiger partial charge on any atom is 0.346 e. The van der Waals surface area contributed by atoms with Crippen LogP contribution < -0.4 is 11.2 Å². The van der Waals surface area contributed by atoms with E-state index in [1.54, 1.807) is 6.07 Å². The molecule has 0 amide bonds. The van der Waals surface area contributed by atoms with Crippen molar-refractivity contribution in [3.05, 3.63) is 66.9 Å². The Labute approximate surface area is 132 Å². The third-order valence-corrected chi connectivity index (χ3v) is 4.69. The van der Waals surface area contributed by atoms with Gasteiger partial charge in [-0.15, -0.1) is 11.3 Å². The Morgan fingerprint density at radius 1 is 1.39 bits per heavy atom. The van der Waals surface area contributed by atoms with Gasteiger partial charge in [-0.25, -0.2) is 14.0 Å². The number of thiophene rings is 1. The van der Waals surface area contributed by atoms with Gasteiger partial charge < -0.3 is 5.11 Å². The van der Waals surface area contributed by atoms with Gasteiger partial charge in [0.1, 0.15) is 15.5 Å². The normalized spacial score (nSPS) is 11.0. The van der Waals surface area contributed by atoms with E-state index in [1.807, 2.05) is 0 Å². The zero-order valence-electron chi connectivity index (χ0n) is 11.9. The van der Waals surface area contributed by atoms with Crippen LogP contribution in [0.5, 0.6) is 0 Å². The molecule has 0 aliphatic rings. The fourth-order valence-corrected chi connectivity index (χ4v) is 3.44. The van der Waals surface area contributed by atoms with Crippen molar-refractivity contribution in [2.75, 3.05) is 0 Å². The van der Waals surface area contributed by atoms with Gasteiger partial charge in [0.05, 0.1) is 11.9 Å². The second-order valence-corrected chi connectivity index (χ2v) is 6.04. The molecule has 6 nitrogen and oxygen atoms in total. The number of nitrogens with one attached hydrogen (secondary N) is 1. The number of hydrogen-bond donors (Lipinski definition) is 2. The van der Waals surface area contributed by atoms with E-state index in [1.165, 1.54) is 25.1 Å². The lowest BCUT2D eigenvalue weighted by atomic mass is 10.2. The van der Waals surface area contributed by atoms with Crippen molar-refractivity contribution in [3.8, 4) is 0 Å². The van der Waals surface area contributed by atoms with Crippen molar-refractivity contribution < 1.29 is 14.3 Å². The number of aryl methyl sites for hydroxylation is 1. The van der Waals surface area contributed by atoms with Crippen LogP contribution in [0, 0.1) is 12.7 Å². The van der Waals surface area contributed by atoms with Crippen LogP contribution in [0.2, 0.25) is 0 Å². The summed E-state index contributed by atoms with van der Waals surface area (Å²) < 4.78 is 14.2. The van der Waals surface area contributed by atoms with Gasteiger partial charge in [0.15, 0.2) is 0 Å².